The van der Waals surface area contributed by atoms with Crippen molar-refractivity contribution in [1.82, 2.24) is 0 Å². The van der Waals surface area contributed by atoms with Crippen LogP contribution in [0.25, 0.3) is 0 Å². The Balaban J connectivity index is 1.51. The number of carbonyl (C=O) groups excluding carboxylic acids is 2. The van der Waals surface area contributed by atoms with E-state index in [9.17, 15) is 22.8 Å². The van der Waals surface area contributed by atoms with Crippen LogP contribution in [0.2, 0.25) is 5.02 Å². The number of amides is 2. The fourth-order valence-electron chi connectivity index (χ4n) is 3.33. The van der Waals surface area contributed by atoms with Crippen LogP contribution in [-0.4, -0.2) is 18.4 Å². The normalized spacial score (nSPS) is 20.6. The van der Waals surface area contributed by atoms with E-state index in [0.717, 1.165) is 6.07 Å². The molecule has 2 aromatic carbocycles. The molecule has 1 fully saturated rings. The minimum Gasteiger partial charge on any atom is -0.482 e. The molecule has 2 aliphatic rings. The van der Waals surface area contributed by atoms with Gasteiger partial charge in [0.2, 0.25) is 5.91 Å². The third-order valence-electron chi connectivity index (χ3n) is 4.75. The quantitative estimate of drug-likeness (QED) is 0.786. The lowest BCUT2D eigenvalue weighted by Crippen LogP contribution is -2.25. The van der Waals surface area contributed by atoms with E-state index in [-0.39, 0.29) is 28.8 Å². The minimum atomic E-state index is -4.47. The lowest BCUT2D eigenvalue weighted by molar-refractivity contribution is -0.138. The highest BCUT2D eigenvalue weighted by atomic mass is 35.5. The van der Waals surface area contributed by atoms with E-state index in [1.165, 1.54) is 30.3 Å². The van der Waals surface area contributed by atoms with Gasteiger partial charge in [0.25, 0.3) is 5.91 Å². The summed E-state index contributed by atoms with van der Waals surface area (Å²) in [5.74, 6) is -1.44. The largest absolute Gasteiger partial charge is 0.482 e. The molecule has 0 bridgehead atoms. The van der Waals surface area contributed by atoms with Crippen LogP contribution in [0.15, 0.2) is 36.4 Å². The second kappa shape index (κ2) is 6.70. The minimum absolute atomic E-state index is 0.123. The highest BCUT2D eigenvalue weighted by molar-refractivity contribution is 6.34. The van der Waals surface area contributed by atoms with Crippen LogP contribution in [0.4, 0.5) is 24.5 Å². The number of nitrogens with one attached hydrogen (secondary N) is 2. The number of carbonyl (C=O) groups is 2. The van der Waals surface area contributed by atoms with E-state index in [2.05, 4.69) is 10.6 Å². The summed E-state index contributed by atoms with van der Waals surface area (Å²) in [7, 11) is 0. The van der Waals surface area contributed by atoms with Crippen molar-refractivity contribution in [3.63, 3.8) is 0 Å². The molecule has 1 saturated carbocycles. The summed E-state index contributed by atoms with van der Waals surface area (Å²) in [6.07, 6.45) is -4.14. The topological polar surface area (TPSA) is 67.4 Å². The Bertz CT molecular complexity index is 977. The Morgan fingerprint density at radius 1 is 1.25 bits per heavy atom. The summed E-state index contributed by atoms with van der Waals surface area (Å²) >= 11 is 6.15. The first-order chi connectivity index (χ1) is 13.2. The zero-order valence-corrected chi connectivity index (χ0v) is 15.0. The summed E-state index contributed by atoms with van der Waals surface area (Å²) in [6.45, 7) is -0.152. The number of rotatable bonds is 3. The summed E-state index contributed by atoms with van der Waals surface area (Å²) in [5, 5.41) is 5.43. The number of halogens is 4. The van der Waals surface area contributed by atoms with Gasteiger partial charge in [0.1, 0.15) is 5.75 Å². The first-order valence-electron chi connectivity index (χ1n) is 8.47. The van der Waals surface area contributed by atoms with Crippen molar-refractivity contribution in [3.8, 4) is 5.75 Å². The zero-order valence-electron chi connectivity index (χ0n) is 14.3. The van der Waals surface area contributed by atoms with Gasteiger partial charge in [-0.1, -0.05) is 29.8 Å². The van der Waals surface area contributed by atoms with E-state index >= 15 is 0 Å². The summed E-state index contributed by atoms with van der Waals surface area (Å²) in [6, 6.07) is 8.22. The molecule has 0 unspecified atom stereocenters. The SMILES string of the molecule is O=C1COc2cc(NC(=O)[C@H]3C[C@@H]3c3ccccc3C(F)(F)F)c(Cl)cc2N1. The monoisotopic (exact) mass is 410 g/mol. The Morgan fingerprint density at radius 2 is 2.00 bits per heavy atom. The van der Waals surface area contributed by atoms with Gasteiger partial charge < -0.3 is 15.4 Å². The molecule has 9 heteroatoms. The number of benzene rings is 2. The standard InChI is InChI=1S/C19H14ClF3N2O3/c20-13-6-15-16(28-8-17(26)24-15)7-14(13)25-18(27)11-5-10(11)9-3-1-2-4-12(9)19(21,22)23/h1-4,6-7,10-11H,5,8H2,(H,24,26)(H,25,27)/t10-,11+/m1/s1. The molecule has 2 aromatic rings. The maximum atomic E-state index is 13.2. The number of fused-ring (bicyclic) bond motifs is 1. The molecule has 0 aromatic heterocycles. The average Bonchev–Trinajstić information content (AvgIpc) is 3.42. The van der Waals surface area contributed by atoms with Crippen LogP contribution < -0.4 is 15.4 Å². The molecule has 0 spiro atoms. The fraction of sp³-hybridized carbons (Fsp3) is 0.263. The lowest BCUT2D eigenvalue weighted by Gasteiger charge is -2.19. The van der Waals surface area contributed by atoms with Gasteiger partial charge in [-0.3, -0.25) is 9.59 Å². The van der Waals surface area contributed by atoms with Crippen LogP contribution >= 0.6 is 11.6 Å². The van der Waals surface area contributed by atoms with E-state index in [1.807, 2.05) is 0 Å². The molecule has 1 heterocycles. The molecule has 4 rings (SSSR count). The highest BCUT2D eigenvalue weighted by Gasteiger charge is 2.48. The first-order valence-corrected chi connectivity index (χ1v) is 8.85. The van der Waals surface area contributed by atoms with Crippen LogP contribution in [0.1, 0.15) is 23.5 Å². The fourth-order valence-corrected chi connectivity index (χ4v) is 3.54. The Hall–Kier alpha value is -2.74. The van der Waals surface area contributed by atoms with Crippen molar-refractivity contribution in [1.29, 1.82) is 0 Å². The lowest BCUT2D eigenvalue weighted by atomic mass is 10.0. The second-order valence-corrected chi connectivity index (χ2v) is 7.10. The van der Waals surface area contributed by atoms with Crippen LogP contribution in [0, 0.1) is 5.92 Å². The summed E-state index contributed by atoms with van der Waals surface area (Å²) in [5.41, 5.74) is 0.0722. The van der Waals surface area contributed by atoms with E-state index < -0.39 is 29.5 Å². The molecule has 28 heavy (non-hydrogen) atoms. The molecular formula is C19H14ClF3N2O3. The zero-order chi connectivity index (χ0) is 20.1. The van der Waals surface area contributed by atoms with Gasteiger partial charge in [-0.05, 0) is 30.0 Å². The number of alkyl halides is 3. The van der Waals surface area contributed by atoms with Gasteiger partial charge in [-0.2, -0.15) is 13.2 Å². The molecule has 0 radical (unpaired) electrons. The van der Waals surface area contributed by atoms with Crippen molar-refractivity contribution in [2.45, 2.75) is 18.5 Å². The highest BCUT2D eigenvalue weighted by Crippen LogP contribution is 2.51. The third-order valence-corrected chi connectivity index (χ3v) is 5.07. The van der Waals surface area contributed by atoms with E-state index in [1.54, 1.807) is 0 Å². The number of hydrogen-bond donors (Lipinski definition) is 2. The predicted octanol–water partition coefficient (Wildman–Crippen LogP) is 4.43. The van der Waals surface area contributed by atoms with Crippen LogP contribution in [-0.2, 0) is 15.8 Å². The molecule has 0 saturated heterocycles. The maximum Gasteiger partial charge on any atom is 0.416 e. The predicted molar refractivity (Wildman–Crippen MR) is 96.5 cm³/mol. The van der Waals surface area contributed by atoms with Crippen LogP contribution in [0.5, 0.6) is 5.75 Å². The Kier molecular flexibility index (Phi) is 4.45. The molecule has 1 aliphatic heterocycles. The van der Waals surface area contributed by atoms with Gasteiger partial charge >= 0.3 is 6.18 Å². The molecule has 5 nitrogen and oxygen atoms in total. The van der Waals surface area contributed by atoms with Gasteiger partial charge in [-0.25, -0.2) is 0 Å². The smallest absolute Gasteiger partial charge is 0.416 e. The van der Waals surface area contributed by atoms with Crippen molar-refractivity contribution in [3.05, 3.63) is 52.5 Å². The summed E-state index contributed by atoms with van der Waals surface area (Å²) in [4.78, 5) is 23.9. The first kappa shape index (κ1) is 18.6. The van der Waals surface area contributed by atoms with Crippen molar-refractivity contribution >= 4 is 34.8 Å². The van der Waals surface area contributed by atoms with Gasteiger partial charge in [-0.15, -0.1) is 0 Å². The Morgan fingerprint density at radius 3 is 2.75 bits per heavy atom. The third kappa shape index (κ3) is 3.52. The maximum absolute atomic E-state index is 13.2. The molecular weight excluding hydrogens is 397 g/mol. The van der Waals surface area contributed by atoms with Gasteiger partial charge in [0.05, 0.1) is 22.0 Å². The number of hydrogen-bond acceptors (Lipinski definition) is 3. The van der Waals surface area contributed by atoms with E-state index in [0.29, 0.717) is 17.9 Å². The average molecular weight is 411 g/mol. The van der Waals surface area contributed by atoms with Crippen molar-refractivity contribution < 1.29 is 27.5 Å². The number of anilines is 2. The molecule has 2 N–H and O–H groups in total. The van der Waals surface area contributed by atoms with E-state index in [4.69, 9.17) is 16.3 Å². The Labute approximate surface area is 162 Å². The molecule has 146 valence electrons. The van der Waals surface area contributed by atoms with Crippen LogP contribution in [0.3, 0.4) is 0 Å². The molecule has 2 amide bonds. The van der Waals surface area contributed by atoms with Crippen molar-refractivity contribution in [2.24, 2.45) is 5.92 Å². The summed E-state index contributed by atoms with van der Waals surface area (Å²) < 4.78 is 44.9. The second-order valence-electron chi connectivity index (χ2n) is 6.69. The van der Waals surface area contributed by atoms with Gasteiger partial charge in [0.15, 0.2) is 6.61 Å². The van der Waals surface area contributed by atoms with Crippen molar-refractivity contribution in [2.75, 3.05) is 17.2 Å². The molecule has 1 aliphatic carbocycles. The number of ether oxygens (including phenoxy) is 1. The molecule has 2 atom stereocenters. The van der Waals surface area contributed by atoms with Gasteiger partial charge in [0, 0.05) is 12.0 Å².